The van der Waals surface area contributed by atoms with Crippen LogP contribution in [0.4, 0.5) is 26.3 Å². The number of aromatic hydroxyl groups is 1. The lowest BCUT2D eigenvalue weighted by Crippen LogP contribution is -2.42. The predicted octanol–water partition coefficient (Wildman–Crippen LogP) is 5.37. The van der Waals surface area contributed by atoms with Gasteiger partial charge in [0.25, 0.3) is 0 Å². The van der Waals surface area contributed by atoms with Gasteiger partial charge in [-0.1, -0.05) is 6.07 Å². The number of nitrogens with one attached hydrogen (secondary N) is 2. The Labute approximate surface area is 220 Å². The van der Waals surface area contributed by atoms with Crippen molar-refractivity contribution >= 4 is 22.6 Å². The molecule has 1 aliphatic heterocycles. The van der Waals surface area contributed by atoms with Crippen molar-refractivity contribution in [3.05, 3.63) is 78.5 Å². The minimum atomic E-state index is -4.95. The van der Waals surface area contributed by atoms with Crippen molar-refractivity contribution in [2.24, 2.45) is 0 Å². The third-order valence-corrected chi connectivity index (χ3v) is 6.87. The summed E-state index contributed by atoms with van der Waals surface area (Å²) in [5.41, 5.74) is -2.82. The molecule has 200 valence electrons. The molecule has 2 atom stereocenters. The largest absolute Gasteiger partial charge is 0.507 e. The van der Waals surface area contributed by atoms with Crippen LogP contribution in [0.2, 0.25) is 0 Å². The molecule has 3 aromatic rings. The average Bonchev–Trinajstić information content (AvgIpc) is 3.23. The first-order valence-electron chi connectivity index (χ1n) is 11.1. The zero-order valence-electron chi connectivity index (χ0n) is 19.0. The highest BCUT2D eigenvalue weighted by molar-refractivity contribution is 14.1. The third-order valence-electron chi connectivity index (χ3n) is 6.01. The number of phenolic OH excluding ortho intramolecular Hbond substituents is 1. The molecule has 0 spiro atoms. The lowest BCUT2D eigenvalue weighted by Gasteiger charge is -2.41. The molecule has 2 heterocycles. The molecule has 7 nitrogen and oxygen atoms in total. The van der Waals surface area contributed by atoms with Gasteiger partial charge in [-0.3, -0.25) is 9.88 Å². The van der Waals surface area contributed by atoms with Crippen molar-refractivity contribution in [3.63, 3.8) is 0 Å². The van der Waals surface area contributed by atoms with Crippen LogP contribution in [0.5, 0.6) is 5.75 Å². The van der Waals surface area contributed by atoms with Crippen molar-refractivity contribution < 1.29 is 36.2 Å². The highest BCUT2D eigenvalue weighted by Crippen LogP contribution is 2.39. The summed E-state index contributed by atoms with van der Waals surface area (Å²) in [4.78, 5) is 16.0. The van der Waals surface area contributed by atoms with Gasteiger partial charge < -0.3 is 9.84 Å². The van der Waals surface area contributed by atoms with Crippen molar-refractivity contribution in [2.75, 3.05) is 6.54 Å². The molecule has 1 saturated heterocycles. The molecular formula is C23H21F6IN4O3. The molecule has 0 radical (unpaired) electrons. The SMILES string of the molecule is O=c1[nH]nc(CN2CCC[C@H](OCc3cc(C(F)(F)F)cc(C(F)(F)F)c3)[C@@H]2c2ccc(O)c([125I])c2)[nH]1. The van der Waals surface area contributed by atoms with Crippen LogP contribution in [-0.2, 0) is 30.2 Å². The van der Waals surface area contributed by atoms with Crippen molar-refractivity contribution in [2.45, 2.75) is 50.5 Å². The maximum absolute atomic E-state index is 13.3. The summed E-state index contributed by atoms with van der Waals surface area (Å²) >= 11 is 1.95. The molecule has 0 unspecified atom stereocenters. The minimum Gasteiger partial charge on any atom is -0.507 e. The number of phenols is 1. The van der Waals surface area contributed by atoms with Crippen LogP contribution < -0.4 is 5.69 Å². The van der Waals surface area contributed by atoms with Gasteiger partial charge in [0.05, 0.1) is 40.0 Å². The van der Waals surface area contributed by atoms with Crippen LogP contribution in [0.1, 0.15) is 47.0 Å². The second-order valence-corrected chi connectivity index (χ2v) is 9.82. The van der Waals surface area contributed by atoms with E-state index in [4.69, 9.17) is 4.74 Å². The number of piperidine rings is 1. The predicted molar refractivity (Wildman–Crippen MR) is 127 cm³/mol. The molecule has 4 rings (SSSR count). The highest BCUT2D eigenvalue weighted by Gasteiger charge is 2.38. The number of hydrogen-bond acceptors (Lipinski definition) is 5. The lowest BCUT2D eigenvalue weighted by atomic mass is 9.92. The molecule has 2 aromatic carbocycles. The lowest BCUT2D eigenvalue weighted by molar-refractivity contribution is -0.143. The fourth-order valence-electron chi connectivity index (χ4n) is 4.39. The monoisotopic (exact) mass is 640 g/mol. The molecule has 1 aromatic heterocycles. The highest BCUT2D eigenvalue weighted by atomic mass is 125. The van der Waals surface area contributed by atoms with Crippen LogP contribution in [-0.4, -0.2) is 37.8 Å². The number of rotatable bonds is 6. The normalized spacial score (nSPS) is 19.3. The quantitative estimate of drug-likeness (QED) is 0.249. The summed E-state index contributed by atoms with van der Waals surface area (Å²) in [6.07, 6.45) is -9.40. The Morgan fingerprint density at radius 2 is 1.76 bits per heavy atom. The van der Waals surface area contributed by atoms with E-state index < -0.39 is 47.9 Å². The molecule has 0 aliphatic carbocycles. The van der Waals surface area contributed by atoms with Crippen LogP contribution in [0.15, 0.2) is 41.2 Å². The summed E-state index contributed by atoms with van der Waals surface area (Å²) in [7, 11) is 0. The van der Waals surface area contributed by atoms with E-state index >= 15 is 0 Å². The van der Waals surface area contributed by atoms with Crippen LogP contribution in [0, 0.1) is 3.57 Å². The third kappa shape index (κ3) is 6.65. The molecule has 14 heteroatoms. The number of aromatic nitrogens is 3. The average molecular weight is 640 g/mol. The molecular weight excluding hydrogens is 619 g/mol. The van der Waals surface area contributed by atoms with Crippen LogP contribution in [0.3, 0.4) is 0 Å². The number of likely N-dealkylation sites (tertiary alicyclic amines) is 1. The van der Waals surface area contributed by atoms with Gasteiger partial charge in [-0.2, -0.15) is 31.4 Å². The fourth-order valence-corrected chi connectivity index (χ4v) is 4.93. The molecule has 0 saturated carbocycles. The topological polar surface area (TPSA) is 94.2 Å². The second-order valence-electron chi connectivity index (χ2n) is 8.66. The Balaban J connectivity index is 1.64. The van der Waals surface area contributed by atoms with Crippen LogP contribution in [0.25, 0.3) is 0 Å². The first-order valence-corrected chi connectivity index (χ1v) is 12.1. The molecule has 3 N–H and O–H groups in total. The Kier molecular flexibility index (Phi) is 7.90. The molecule has 37 heavy (non-hydrogen) atoms. The van der Waals surface area contributed by atoms with E-state index in [9.17, 15) is 36.2 Å². The van der Waals surface area contributed by atoms with Crippen LogP contribution >= 0.6 is 22.6 Å². The van der Waals surface area contributed by atoms with Gasteiger partial charge in [-0.05, 0) is 83.4 Å². The van der Waals surface area contributed by atoms with E-state index in [1.165, 1.54) is 6.07 Å². The molecule has 1 fully saturated rings. The number of alkyl halides is 6. The van der Waals surface area contributed by atoms with Gasteiger partial charge in [-0.15, -0.1) is 0 Å². The molecule has 0 amide bonds. The van der Waals surface area contributed by atoms with E-state index in [0.29, 0.717) is 40.9 Å². The smallest absolute Gasteiger partial charge is 0.416 e. The summed E-state index contributed by atoms with van der Waals surface area (Å²) in [5, 5.41) is 16.2. The van der Waals surface area contributed by atoms with Gasteiger partial charge in [0.1, 0.15) is 11.6 Å². The van der Waals surface area contributed by atoms with E-state index in [-0.39, 0.29) is 23.9 Å². The van der Waals surface area contributed by atoms with Gasteiger partial charge in [0.15, 0.2) is 0 Å². The standard InChI is InChI=1S/C23H21F6IN4O3/c24-22(25,26)14-6-12(7-15(9-14)23(27,28)29)11-37-18-2-1-5-34(10-19-31-21(36)33-32-19)20(18)13-3-4-17(35)16(30)8-13/h3-4,6-9,18,20,35H,1-2,5,10-11H2,(H2,31,32,33,36)/t18-,20-/m0/s1/i30-2. The first kappa shape index (κ1) is 27.4. The summed E-state index contributed by atoms with van der Waals surface area (Å²) < 4.78 is 86.2. The number of halogens is 7. The van der Waals surface area contributed by atoms with E-state index in [1.807, 2.05) is 27.5 Å². The van der Waals surface area contributed by atoms with Gasteiger partial charge in [0, 0.05) is 0 Å². The maximum atomic E-state index is 13.3. The molecule has 1 aliphatic rings. The Bertz CT molecular complexity index is 1270. The number of ether oxygens (including phenoxy) is 1. The van der Waals surface area contributed by atoms with E-state index in [1.54, 1.807) is 12.1 Å². The van der Waals surface area contributed by atoms with Gasteiger partial charge in [-0.25, -0.2) is 9.89 Å². The van der Waals surface area contributed by atoms with Crippen molar-refractivity contribution in [3.8, 4) is 5.75 Å². The van der Waals surface area contributed by atoms with Crippen molar-refractivity contribution in [1.82, 2.24) is 20.1 Å². The molecule has 0 bridgehead atoms. The summed E-state index contributed by atoms with van der Waals surface area (Å²) in [6.45, 7) is 0.303. The minimum absolute atomic E-state index is 0.0597. The van der Waals surface area contributed by atoms with Gasteiger partial charge >= 0.3 is 18.0 Å². The zero-order chi connectivity index (χ0) is 27.0. The number of H-pyrrole nitrogens is 2. The maximum Gasteiger partial charge on any atom is 0.416 e. The van der Waals surface area contributed by atoms with E-state index in [0.717, 1.165) is 5.56 Å². The number of nitrogens with zero attached hydrogens (tertiary/aromatic N) is 2. The second kappa shape index (κ2) is 10.6. The zero-order valence-corrected chi connectivity index (χ0v) is 21.1. The number of hydrogen-bond donors (Lipinski definition) is 3. The fraction of sp³-hybridized carbons (Fsp3) is 0.391. The first-order chi connectivity index (χ1) is 17.3. The Morgan fingerprint density at radius 3 is 2.32 bits per heavy atom. The number of benzene rings is 2. The Hall–Kier alpha value is -2.59. The number of aromatic amines is 2. The Morgan fingerprint density at radius 1 is 1.08 bits per heavy atom. The summed E-state index contributed by atoms with van der Waals surface area (Å²) in [6, 6.07) is 5.82. The summed E-state index contributed by atoms with van der Waals surface area (Å²) in [5.74, 6) is 0.418. The van der Waals surface area contributed by atoms with Gasteiger partial charge in [0.2, 0.25) is 0 Å². The van der Waals surface area contributed by atoms with E-state index in [2.05, 4.69) is 15.2 Å². The van der Waals surface area contributed by atoms with Crippen molar-refractivity contribution in [1.29, 1.82) is 0 Å².